The zero-order valence-corrected chi connectivity index (χ0v) is 16.8. The largest absolute Gasteiger partial charge is 0.307 e. The number of nitrogens with one attached hydrogen (secondary N) is 1. The fraction of sp³-hybridized carbons (Fsp3) is 0.222. The number of carbonyl (C=O) groups excluding carboxylic acids is 1. The molecule has 3 rings (SSSR count). The molecule has 1 N–H and O–H groups in total. The van der Waals surface area contributed by atoms with Crippen LogP contribution >= 0.6 is 27.5 Å². The predicted molar refractivity (Wildman–Crippen MR) is 106 cm³/mol. The van der Waals surface area contributed by atoms with Crippen LogP contribution in [0.4, 0.5) is 10.2 Å². The van der Waals surface area contributed by atoms with Gasteiger partial charge in [0.05, 0.1) is 11.1 Å². The predicted octanol–water partition coefficient (Wildman–Crippen LogP) is 4.11. The molecule has 0 aliphatic rings. The molecular weight excluding hydrogens is 439 g/mol. The summed E-state index contributed by atoms with van der Waals surface area (Å²) in [5, 5.41) is 7.88. The van der Waals surface area contributed by atoms with Crippen LogP contribution in [0.3, 0.4) is 0 Å². The van der Waals surface area contributed by atoms with Crippen LogP contribution in [0.25, 0.3) is 10.8 Å². The first kappa shape index (κ1) is 19.4. The Morgan fingerprint density at radius 1 is 1.30 bits per heavy atom. The van der Waals surface area contributed by atoms with Gasteiger partial charge in [-0.05, 0) is 36.2 Å². The Balaban J connectivity index is 1.98. The van der Waals surface area contributed by atoms with E-state index < -0.39 is 17.3 Å². The van der Waals surface area contributed by atoms with E-state index in [1.54, 1.807) is 12.1 Å². The summed E-state index contributed by atoms with van der Waals surface area (Å²) in [7, 11) is 0. The zero-order valence-electron chi connectivity index (χ0n) is 14.5. The number of rotatable bonds is 4. The van der Waals surface area contributed by atoms with E-state index in [1.807, 2.05) is 19.9 Å². The highest BCUT2D eigenvalue weighted by Crippen LogP contribution is 2.24. The molecule has 1 amide bonds. The number of amides is 1. The van der Waals surface area contributed by atoms with Gasteiger partial charge in [-0.3, -0.25) is 9.59 Å². The smallest absolute Gasteiger partial charge is 0.275 e. The van der Waals surface area contributed by atoms with Gasteiger partial charge in [-0.25, -0.2) is 14.1 Å². The highest BCUT2D eigenvalue weighted by Gasteiger charge is 2.16. The molecule has 0 aliphatic heterocycles. The van der Waals surface area contributed by atoms with Gasteiger partial charge in [0.1, 0.15) is 11.7 Å². The first-order valence-corrected chi connectivity index (χ1v) is 9.25. The Hall–Kier alpha value is -2.32. The Morgan fingerprint density at radius 2 is 2.04 bits per heavy atom. The van der Waals surface area contributed by atoms with Crippen molar-refractivity contribution in [2.24, 2.45) is 0 Å². The van der Waals surface area contributed by atoms with Gasteiger partial charge in [0.2, 0.25) is 5.91 Å². The van der Waals surface area contributed by atoms with Gasteiger partial charge in [-0.1, -0.05) is 41.4 Å². The molecule has 0 spiro atoms. The second kappa shape index (κ2) is 7.74. The molecule has 1 aromatic carbocycles. The van der Waals surface area contributed by atoms with E-state index in [4.69, 9.17) is 11.6 Å². The summed E-state index contributed by atoms with van der Waals surface area (Å²) in [5.74, 6) is -1.62. The molecular formula is C18H15BrClFN4O2. The molecule has 3 aromatic rings. The molecule has 6 nitrogen and oxygen atoms in total. The summed E-state index contributed by atoms with van der Waals surface area (Å²) in [4.78, 5) is 28.7. The number of hydrogen-bond donors (Lipinski definition) is 1. The van der Waals surface area contributed by atoms with Crippen LogP contribution in [0.1, 0.15) is 25.5 Å². The molecule has 0 saturated carbocycles. The molecule has 0 saturated heterocycles. The number of fused-ring (bicyclic) bond motifs is 1. The molecule has 2 aromatic heterocycles. The van der Waals surface area contributed by atoms with Crippen molar-refractivity contribution in [3.63, 3.8) is 0 Å². The SMILES string of the molecule is CC(C)c1nn(CC(=O)Nc2nc(Cl)ccc2F)c(=O)c2ccc(Br)cc12. The average Bonchev–Trinajstić information content (AvgIpc) is 2.60. The van der Waals surface area contributed by atoms with Crippen molar-refractivity contribution in [3.05, 3.63) is 61.8 Å². The van der Waals surface area contributed by atoms with Crippen LogP contribution < -0.4 is 10.9 Å². The summed E-state index contributed by atoms with van der Waals surface area (Å²) >= 11 is 9.11. The maximum Gasteiger partial charge on any atom is 0.275 e. The van der Waals surface area contributed by atoms with Crippen molar-refractivity contribution in [1.29, 1.82) is 0 Å². The number of pyridine rings is 1. The summed E-state index contributed by atoms with van der Waals surface area (Å²) in [6.07, 6.45) is 0. The van der Waals surface area contributed by atoms with Gasteiger partial charge in [-0.15, -0.1) is 0 Å². The number of nitrogens with zero attached hydrogens (tertiary/aromatic N) is 3. The molecule has 140 valence electrons. The number of aromatic nitrogens is 3. The van der Waals surface area contributed by atoms with Crippen molar-refractivity contribution in [2.45, 2.75) is 26.3 Å². The molecule has 0 radical (unpaired) electrons. The zero-order chi connectivity index (χ0) is 19.7. The minimum Gasteiger partial charge on any atom is -0.307 e. The first-order valence-electron chi connectivity index (χ1n) is 8.08. The number of benzene rings is 1. The van der Waals surface area contributed by atoms with E-state index >= 15 is 0 Å². The second-order valence-corrected chi connectivity index (χ2v) is 7.51. The molecule has 0 aliphatic carbocycles. The van der Waals surface area contributed by atoms with Crippen molar-refractivity contribution >= 4 is 50.0 Å². The third-order valence-corrected chi connectivity index (χ3v) is 4.56. The lowest BCUT2D eigenvalue weighted by Gasteiger charge is -2.13. The maximum absolute atomic E-state index is 13.7. The van der Waals surface area contributed by atoms with Crippen LogP contribution in [0.2, 0.25) is 5.15 Å². The highest BCUT2D eigenvalue weighted by atomic mass is 79.9. The minimum atomic E-state index is -0.723. The monoisotopic (exact) mass is 452 g/mol. The number of hydrogen-bond acceptors (Lipinski definition) is 4. The quantitative estimate of drug-likeness (QED) is 0.603. The van der Waals surface area contributed by atoms with Crippen molar-refractivity contribution in [3.8, 4) is 0 Å². The van der Waals surface area contributed by atoms with Crippen molar-refractivity contribution in [2.75, 3.05) is 5.32 Å². The van der Waals surface area contributed by atoms with Crippen LogP contribution in [-0.2, 0) is 11.3 Å². The molecule has 27 heavy (non-hydrogen) atoms. The molecule has 9 heteroatoms. The molecule has 0 unspecified atom stereocenters. The van der Waals surface area contributed by atoms with Crippen molar-refractivity contribution in [1.82, 2.24) is 14.8 Å². The lowest BCUT2D eigenvalue weighted by Crippen LogP contribution is -2.31. The average molecular weight is 454 g/mol. The van der Waals surface area contributed by atoms with Gasteiger partial charge in [-0.2, -0.15) is 5.10 Å². The Morgan fingerprint density at radius 3 is 2.74 bits per heavy atom. The minimum absolute atomic E-state index is 0.0313. The first-order chi connectivity index (χ1) is 12.8. The molecule has 2 heterocycles. The lowest BCUT2D eigenvalue weighted by molar-refractivity contribution is -0.117. The number of carbonyl (C=O) groups is 1. The summed E-state index contributed by atoms with van der Waals surface area (Å²) < 4.78 is 15.6. The number of anilines is 1. The van der Waals surface area contributed by atoms with E-state index in [0.717, 1.165) is 20.6 Å². The molecule has 0 bridgehead atoms. The van der Waals surface area contributed by atoms with Crippen LogP contribution in [0, 0.1) is 5.82 Å². The summed E-state index contributed by atoms with van der Waals surface area (Å²) in [5.41, 5.74) is 0.280. The van der Waals surface area contributed by atoms with E-state index in [9.17, 15) is 14.0 Å². The van der Waals surface area contributed by atoms with Crippen LogP contribution in [0.15, 0.2) is 39.6 Å². The van der Waals surface area contributed by atoms with Crippen LogP contribution in [0.5, 0.6) is 0 Å². The Bertz CT molecular complexity index is 1100. The Kier molecular flexibility index (Phi) is 5.57. The molecule has 0 atom stereocenters. The van der Waals surface area contributed by atoms with Gasteiger partial charge in [0, 0.05) is 9.86 Å². The number of halogens is 3. The van der Waals surface area contributed by atoms with Crippen LogP contribution in [-0.4, -0.2) is 20.7 Å². The van der Waals surface area contributed by atoms with Gasteiger partial charge in [0.15, 0.2) is 11.6 Å². The fourth-order valence-corrected chi connectivity index (χ4v) is 3.14. The third-order valence-electron chi connectivity index (χ3n) is 3.86. The molecule has 0 fully saturated rings. The lowest BCUT2D eigenvalue weighted by atomic mass is 10.0. The topological polar surface area (TPSA) is 76.9 Å². The van der Waals surface area contributed by atoms with E-state index in [-0.39, 0.29) is 23.4 Å². The second-order valence-electron chi connectivity index (χ2n) is 6.21. The Labute approximate surface area is 167 Å². The van der Waals surface area contributed by atoms with E-state index in [2.05, 4.69) is 31.3 Å². The fourth-order valence-electron chi connectivity index (χ4n) is 2.63. The highest BCUT2D eigenvalue weighted by molar-refractivity contribution is 9.10. The standard InChI is InChI=1S/C18H15BrClFN4O2/c1-9(2)16-12-7-10(19)3-4-11(12)18(27)25(24-16)8-15(26)23-17-13(21)5-6-14(20)22-17/h3-7,9H,8H2,1-2H3,(H,22,23,26). The van der Waals surface area contributed by atoms with Gasteiger partial charge in [0.25, 0.3) is 5.56 Å². The van der Waals surface area contributed by atoms with Gasteiger partial charge < -0.3 is 5.32 Å². The van der Waals surface area contributed by atoms with E-state index in [0.29, 0.717) is 11.1 Å². The summed E-state index contributed by atoms with van der Waals surface area (Å²) in [6.45, 7) is 3.52. The maximum atomic E-state index is 13.7. The van der Waals surface area contributed by atoms with Gasteiger partial charge >= 0.3 is 0 Å². The van der Waals surface area contributed by atoms with Crippen molar-refractivity contribution < 1.29 is 9.18 Å². The summed E-state index contributed by atoms with van der Waals surface area (Å²) in [6, 6.07) is 7.63. The third kappa shape index (κ3) is 4.17. The van der Waals surface area contributed by atoms with E-state index in [1.165, 1.54) is 6.07 Å². The normalized spacial score (nSPS) is 11.2.